The molecule has 0 unspecified atom stereocenters. The molecule has 0 spiro atoms. The molecule has 17 heavy (non-hydrogen) atoms. The molecule has 1 aromatic carbocycles. The molecular weight excluding hydrogens is 224 g/mol. The molecule has 1 heterocycles. The van der Waals surface area contributed by atoms with E-state index in [2.05, 4.69) is 4.98 Å². The van der Waals surface area contributed by atoms with Gasteiger partial charge in [-0.2, -0.15) is 0 Å². The Balaban J connectivity index is 2.88. The Morgan fingerprint density at radius 3 is 2.82 bits per heavy atom. The van der Waals surface area contributed by atoms with Gasteiger partial charge in [-0.1, -0.05) is 12.1 Å². The van der Waals surface area contributed by atoms with Crippen molar-refractivity contribution >= 4 is 22.9 Å². The van der Waals surface area contributed by atoms with E-state index in [9.17, 15) is 14.9 Å². The van der Waals surface area contributed by atoms with Gasteiger partial charge in [-0.15, -0.1) is 0 Å². The van der Waals surface area contributed by atoms with Gasteiger partial charge in [0.1, 0.15) is 0 Å². The highest BCUT2D eigenvalue weighted by atomic mass is 16.6. The molecule has 0 bridgehead atoms. The maximum absolute atomic E-state index is 10.9. The van der Waals surface area contributed by atoms with E-state index < -0.39 is 4.92 Å². The molecule has 6 nitrogen and oxygen atoms in total. The summed E-state index contributed by atoms with van der Waals surface area (Å²) in [6, 6.07) is 5.91. The molecule has 0 saturated carbocycles. The Kier molecular flexibility index (Phi) is 2.70. The average molecular weight is 232 g/mol. The Hall–Kier alpha value is -2.50. The first-order valence-electron chi connectivity index (χ1n) is 4.74. The van der Waals surface area contributed by atoms with Crippen LogP contribution in [0.3, 0.4) is 0 Å². The summed E-state index contributed by atoms with van der Waals surface area (Å²) >= 11 is 0. The number of benzene rings is 1. The van der Waals surface area contributed by atoms with Crippen LogP contribution in [0.1, 0.15) is 10.4 Å². The van der Waals surface area contributed by atoms with Gasteiger partial charge < -0.3 is 4.74 Å². The second-order valence-electron chi connectivity index (χ2n) is 3.30. The second-order valence-corrected chi connectivity index (χ2v) is 3.30. The molecule has 0 atom stereocenters. The average Bonchev–Trinajstić information content (AvgIpc) is 2.36. The number of non-ortho nitro benzene ring substituents is 1. The molecule has 0 N–H and O–H groups in total. The molecular formula is C11H8N2O4. The van der Waals surface area contributed by atoms with E-state index in [1.165, 1.54) is 25.3 Å². The van der Waals surface area contributed by atoms with E-state index in [4.69, 9.17) is 4.74 Å². The molecule has 2 aromatic rings. The molecule has 0 saturated heterocycles. The number of nitrogens with zero attached hydrogens (tertiary/aromatic N) is 2. The van der Waals surface area contributed by atoms with Crippen molar-refractivity contribution in [3.8, 4) is 5.88 Å². The summed E-state index contributed by atoms with van der Waals surface area (Å²) in [7, 11) is 1.39. The summed E-state index contributed by atoms with van der Waals surface area (Å²) in [5.74, 6) is 0.175. The van der Waals surface area contributed by atoms with Gasteiger partial charge in [0.05, 0.1) is 12.0 Å². The Morgan fingerprint density at radius 2 is 2.24 bits per heavy atom. The molecule has 0 amide bonds. The lowest BCUT2D eigenvalue weighted by Crippen LogP contribution is -1.96. The number of nitro groups is 1. The largest absolute Gasteiger partial charge is 0.481 e. The van der Waals surface area contributed by atoms with Crippen molar-refractivity contribution in [1.82, 2.24) is 4.98 Å². The highest BCUT2D eigenvalue weighted by molar-refractivity contribution is 6.00. The number of fused-ring (bicyclic) bond motifs is 1. The van der Waals surface area contributed by atoms with Gasteiger partial charge >= 0.3 is 0 Å². The molecule has 1 aromatic heterocycles. The number of hydrogen-bond acceptors (Lipinski definition) is 5. The number of aromatic nitrogens is 1. The monoisotopic (exact) mass is 232 g/mol. The van der Waals surface area contributed by atoms with E-state index in [0.29, 0.717) is 17.2 Å². The number of nitro benzene ring substituents is 1. The predicted molar refractivity (Wildman–Crippen MR) is 60.3 cm³/mol. The third-order valence-electron chi connectivity index (χ3n) is 2.36. The highest BCUT2D eigenvalue weighted by Gasteiger charge is 2.16. The minimum Gasteiger partial charge on any atom is -0.481 e. The van der Waals surface area contributed by atoms with E-state index in [1.807, 2.05) is 0 Å². The third kappa shape index (κ3) is 1.80. The van der Waals surface area contributed by atoms with Gasteiger partial charge in [-0.3, -0.25) is 14.9 Å². The minimum absolute atomic E-state index is 0.149. The summed E-state index contributed by atoms with van der Waals surface area (Å²) in [4.78, 5) is 25.2. The van der Waals surface area contributed by atoms with Gasteiger partial charge in [0.25, 0.3) is 5.69 Å². The van der Waals surface area contributed by atoms with Crippen LogP contribution >= 0.6 is 0 Å². The summed E-state index contributed by atoms with van der Waals surface area (Å²) in [5, 5.41) is 11.3. The summed E-state index contributed by atoms with van der Waals surface area (Å²) < 4.78 is 4.91. The first-order chi connectivity index (χ1) is 8.17. The molecule has 0 aliphatic heterocycles. The first-order valence-corrected chi connectivity index (χ1v) is 4.74. The number of carbonyl (C=O) groups excluding carboxylic acids is 1. The van der Waals surface area contributed by atoms with Crippen LogP contribution in [0.2, 0.25) is 0 Å². The number of rotatable bonds is 3. The van der Waals surface area contributed by atoms with Gasteiger partial charge in [-0.05, 0) is 0 Å². The Labute approximate surface area is 96.0 Å². The SMILES string of the molecule is COc1cc(C=O)c2cccc([N+](=O)[O-])c2n1. The van der Waals surface area contributed by atoms with Crippen LogP contribution < -0.4 is 4.74 Å². The van der Waals surface area contributed by atoms with Crippen molar-refractivity contribution < 1.29 is 14.5 Å². The van der Waals surface area contributed by atoms with Crippen molar-refractivity contribution in [2.45, 2.75) is 0 Å². The number of ether oxygens (including phenoxy) is 1. The molecule has 0 aliphatic carbocycles. The maximum atomic E-state index is 10.9. The normalized spacial score (nSPS) is 10.2. The van der Waals surface area contributed by atoms with Gasteiger partial charge in [-0.25, -0.2) is 4.98 Å². The molecule has 86 valence electrons. The molecule has 0 fully saturated rings. The fraction of sp³-hybridized carbons (Fsp3) is 0.0909. The fourth-order valence-electron chi connectivity index (χ4n) is 1.58. The van der Waals surface area contributed by atoms with Gasteiger partial charge in [0, 0.05) is 23.1 Å². The lowest BCUT2D eigenvalue weighted by molar-refractivity contribution is -0.383. The fourth-order valence-corrected chi connectivity index (χ4v) is 1.58. The zero-order chi connectivity index (χ0) is 12.4. The smallest absolute Gasteiger partial charge is 0.295 e. The lowest BCUT2D eigenvalue weighted by atomic mass is 10.1. The van der Waals surface area contributed by atoms with Crippen LogP contribution in [0.15, 0.2) is 24.3 Å². The van der Waals surface area contributed by atoms with Crippen LogP contribution in [-0.4, -0.2) is 23.3 Å². The summed E-state index contributed by atoms with van der Waals surface area (Å²) in [6.07, 6.45) is 0.621. The van der Waals surface area contributed by atoms with Crippen LogP contribution in [-0.2, 0) is 0 Å². The Bertz CT molecular complexity index is 610. The molecule has 2 rings (SSSR count). The van der Waals surface area contributed by atoms with Crippen molar-refractivity contribution in [2.75, 3.05) is 7.11 Å². The van der Waals surface area contributed by atoms with E-state index in [0.717, 1.165) is 0 Å². The number of aldehydes is 1. The first kappa shape index (κ1) is 11.0. The maximum Gasteiger partial charge on any atom is 0.295 e. The van der Waals surface area contributed by atoms with Gasteiger partial charge in [0.2, 0.25) is 5.88 Å². The standard InChI is InChI=1S/C11H8N2O4/c1-17-10-5-7(6-14)8-3-2-4-9(13(15)16)11(8)12-10/h2-6H,1H3. The summed E-state index contributed by atoms with van der Waals surface area (Å²) in [5.41, 5.74) is 0.319. The molecule has 0 aliphatic rings. The van der Waals surface area contributed by atoms with Crippen LogP contribution in [0.4, 0.5) is 5.69 Å². The van der Waals surface area contributed by atoms with Crippen LogP contribution in [0, 0.1) is 10.1 Å². The van der Waals surface area contributed by atoms with Crippen molar-refractivity contribution in [2.24, 2.45) is 0 Å². The van der Waals surface area contributed by atoms with Gasteiger partial charge in [0.15, 0.2) is 11.8 Å². The zero-order valence-corrected chi connectivity index (χ0v) is 8.91. The van der Waals surface area contributed by atoms with E-state index >= 15 is 0 Å². The molecule has 0 radical (unpaired) electrons. The second kappa shape index (κ2) is 4.17. The summed E-state index contributed by atoms with van der Waals surface area (Å²) in [6.45, 7) is 0. The highest BCUT2D eigenvalue weighted by Crippen LogP contribution is 2.28. The number of methoxy groups -OCH3 is 1. The number of para-hydroxylation sites is 1. The molecule has 6 heteroatoms. The van der Waals surface area contributed by atoms with Crippen LogP contribution in [0.5, 0.6) is 5.88 Å². The lowest BCUT2D eigenvalue weighted by Gasteiger charge is -2.04. The van der Waals surface area contributed by atoms with E-state index in [-0.39, 0.29) is 17.1 Å². The third-order valence-corrected chi connectivity index (χ3v) is 2.36. The Morgan fingerprint density at radius 1 is 1.47 bits per heavy atom. The predicted octanol–water partition coefficient (Wildman–Crippen LogP) is 1.96. The van der Waals surface area contributed by atoms with E-state index in [1.54, 1.807) is 6.07 Å². The van der Waals surface area contributed by atoms with Crippen LogP contribution in [0.25, 0.3) is 10.9 Å². The van der Waals surface area contributed by atoms with Crippen molar-refractivity contribution in [1.29, 1.82) is 0 Å². The minimum atomic E-state index is -0.538. The number of pyridine rings is 1. The quantitative estimate of drug-likeness (QED) is 0.459. The topological polar surface area (TPSA) is 82.3 Å². The van der Waals surface area contributed by atoms with Crippen molar-refractivity contribution in [3.05, 3.63) is 39.9 Å². The number of hydrogen-bond donors (Lipinski definition) is 0. The number of carbonyl (C=O) groups is 1. The van der Waals surface area contributed by atoms with Crippen molar-refractivity contribution in [3.63, 3.8) is 0 Å². The zero-order valence-electron chi connectivity index (χ0n) is 8.91.